The first-order valence-corrected chi connectivity index (χ1v) is 5.80. The second-order valence-electron chi connectivity index (χ2n) is 4.32. The van der Waals surface area contributed by atoms with Crippen LogP contribution in [-0.2, 0) is 0 Å². The van der Waals surface area contributed by atoms with Gasteiger partial charge in [0.05, 0.1) is 0 Å². The second kappa shape index (κ2) is 6.38. The molecule has 0 aromatic rings. The number of aliphatic hydroxyl groups excluding tert-OH is 1. The molecule has 0 radical (unpaired) electrons. The van der Waals surface area contributed by atoms with Crippen LogP contribution in [0.1, 0.15) is 26.2 Å². The normalized spacial score (nSPS) is 25.5. The van der Waals surface area contributed by atoms with Gasteiger partial charge in [0, 0.05) is 25.7 Å². The Labute approximate surface area is 87.5 Å². The Morgan fingerprint density at radius 1 is 1.57 bits per heavy atom. The lowest BCUT2D eigenvalue weighted by atomic mass is 10.1. The highest BCUT2D eigenvalue weighted by Crippen LogP contribution is 2.19. The van der Waals surface area contributed by atoms with E-state index in [4.69, 9.17) is 5.11 Å². The molecular weight excluding hydrogens is 176 g/mol. The number of rotatable bonds is 6. The quantitative estimate of drug-likeness (QED) is 0.662. The molecule has 0 saturated carbocycles. The topological polar surface area (TPSA) is 35.5 Å². The Morgan fingerprint density at radius 3 is 2.86 bits per heavy atom. The van der Waals surface area contributed by atoms with Gasteiger partial charge in [-0.2, -0.15) is 0 Å². The third-order valence-corrected chi connectivity index (χ3v) is 3.31. The number of likely N-dealkylation sites (tertiary alicyclic amines) is 1. The highest BCUT2D eigenvalue weighted by atomic mass is 16.3. The first-order chi connectivity index (χ1) is 6.80. The number of likely N-dealkylation sites (N-methyl/N-ethyl adjacent to an activating group) is 1. The van der Waals surface area contributed by atoms with E-state index < -0.39 is 0 Å². The Kier molecular flexibility index (Phi) is 5.45. The fourth-order valence-electron chi connectivity index (χ4n) is 2.21. The Hall–Kier alpha value is -0.120. The van der Waals surface area contributed by atoms with Crippen LogP contribution < -0.4 is 5.32 Å². The number of nitrogens with one attached hydrogen (secondary N) is 1. The highest BCUT2D eigenvalue weighted by Gasteiger charge is 2.22. The summed E-state index contributed by atoms with van der Waals surface area (Å²) in [5, 5.41) is 12.1. The molecule has 2 atom stereocenters. The lowest BCUT2D eigenvalue weighted by Crippen LogP contribution is -2.39. The minimum absolute atomic E-state index is 0.288. The molecule has 0 aromatic carbocycles. The molecule has 1 fully saturated rings. The molecule has 0 spiro atoms. The molecular formula is C11H24N2O. The van der Waals surface area contributed by atoms with Crippen LogP contribution in [0.15, 0.2) is 0 Å². The third-order valence-electron chi connectivity index (χ3n) is 3.31. The molecule has 0 bridgehead atoms. The van der Waals surface area contributed by atoms with Crippen molar-refractivity contribution in [2.75, 3.05) is 33.3 Å². The summed E-state index contributed by atoms with van der Waals surface area (Å²) in [4.78, 5) is 2.52. The zero-order valence-electron chi connectivity index (χ0n) is 9.50. The fourth-order valence-corrected chi connectivity index (χ4v) is 2.21. The molecule has 3 nitrogen and oxygen atoms in total. The molecule has 0 aromatic heterocycles. The summed E-state index contributed by atoms with van der Waals surface area (Å²) in [5.74, 6) is 0.904. The fraction of sp³-hybridized carbons (Fsp3) is 1.00. The number of nitrogens with zero attached hydrogens (tertiary/aromatic N) is 1. The van der Waals surface area contributed by atoms with Gasteiger partial charge < -0.3 is 15.3 Å². The monoisotopic (exact) mass is 200 g/mol. The summed E-state index contributed by atoms with van der Waals surface area (Å²) in [5.41, 5.74) is 0. The number of aliphatic hydroxyl groups is 1. The van der Waals surface area contributed by atoms with Crippen molar-refractivity contribution >= 4 is 0 Å². The summed E-state index contributed by atoms with van der Waals surface area (Å²) in [6.07, 6.45) is 3.52. The van der Waals surface area contributed by atoms with Crippen LogP contribution in [0.5, 0.6) is 0 Å². The van der Waals surface area contributed by atoms with Crippen LogP contribution in [-0.4, -0.2) is 49.3 Å². The Bertz CT molecular complexity index is 152. The Balaban J connectivity index is 2.22. The van der Waals surface area contributed by atoms with E-state index in [1.807, 2.05) is 7.05 Å². The van der Waals surface area contributed by atoms with Gasteiger partial charge in [-0.1, -0.05) is 13.3 Å². The second-order valence-corrected chi connectivity index (χ2v) is 4.32. The van der Waals surface area contributed by atoms with E-state index in [1.165, 1.54) is 25.9 Å². The van der Waals surface area contributed by atoms with Crippen LogP contribution >= 0.6 is 0 Å². The average Bonchev–Trinajstić information content (AvgIpc) is 2.65. The predicted octanol–water partition coefficient (Wildman–Crippen LogP) is 0.689. The first kappa shape index (κ1) is 12.0. The van der Waals surface area contributed by atoms with Crippen LogP contribution in [0.3, 0.4) is 0 Å². The van der Waals surface area contributed by atoms with Gasteiger partial charge >= 0.3 is 0 Å². The van der Waals surface area contributed by atoms with Gasteiger partial charge in [0.1, 0.15) is 0 Å². The summed E-state index contributed by atoms with van der Waals surface area (Å²) in [6.45, 7) is 6.14. The van der Waals surface area contributed by atoms with E-state index >= 15 is 0 Å². The molecule has 1 aliphatic rings. The lowest BCUT2D eigenvalue weighted by Gasteiger charge is -2.22. The van der Waals surface area contributed by atoms with Crippen molar-refractivity contribution in [3.05, 3.63) is 0 Å². The average molecular weight is 200 g/mol. The van der Waals surface area contributed by atoms with E-state index in [9.17, 15) is 0 Å². The number of hydrogen-bond donors (Lipinski definition) is 2. The van der Waals surface area contributed by atoms with Gasteiger partial charge in [-0.05, 0) is 32.4 Å². The molecule has 3 heteroatoms. The lowest BCUT2D eigenvalue weighted by molar-refractivity contribution is 0.230. The number of hydrogen-bond acceptors (Lipinski definition) is 3. The van der Waals surface area contributed by atoms with Crippen LogP contribution in [0, 0.1) is 5.92 Å². The van der Waals surface area contributed by atoms with Crippen LogP contribution in [0.2, 0.25) is 0 Å². The van der Waals surface area contributed by atoms with Crippen LogP contribution in [0.25, 0.3) is 0 Å². The standard InChI is InChI=1S/C11H24N2O/c1-3-10-4-6-13(8-10)9-11(12-2)5-7-14/h10-12,14H,3-9H2,1-2H3. The summed E-state index contributed by atoms with van der Waals surface area (Å²) < 4.78 is 0. The van der Waals surface area contributed by atoms with E-state index in [1.54, 1.807) is 0 Å². The molecule has 14 heavy (non-hydrogen) atoms. The van der Waals surface area contributed by atoms with Gasteiger partial charge in [0.25, 0.3) is 0 Å². The Morgan fingerprint density at radius 2 is 2.36 bits per heavy atom. The third kappa shape index (κ3) is 3.56. The minimum Gasteiger partial charge on any atom is -0.396 e. The van der Waals surface area contributed by atoms with Crippen molar-refractivity contribution in [3.63, 3.8) is 0 Å². The van der Waals surface area contributed by atoms with Crippen molar-refractivity contribution < 1.29 is 5.11 Å². The summed E-state index contributed by atoms with van der Waals surface area (Å²) >= 11 is 0. The molecule has 1 saturated heterocycles. The van der Waals surface area contributed by atoms with Crippen LogP contribution in [0.4, 0.5) is 0 Å². The van der Waals surface area contributed by atoms with E-state index in [0.717, 1.165) is 18.9 Å². The molecule has 0 aliphatic carbocycles. The van der Waals surface area contributed by atoms with Crippen molar-refractivity contribution in [3.8, 4) is 0 Å². The van der Waals surface area contributed by atoms with Gasteiger partial charge in [-0.25, -0.2) is 0 Å². The van der Waals surface area contributed by atoms with Gasteiger partial charge in [0.15, 0.2) is 0 Å². The molecule has 1 heterocycles. The maximum atomic E-state index is 8.88. The van der Waals surface area contributed by atoms with Gasteiger partial charge in [-0.3, -0.25) is 0 Å². The van der Waals surface area contributed by atoms with Crippen molar-refractivity contribution in [2.24, 2.45) is 5.92 Å². The smallest absolute Gasteiger partial charge is 0.0446 e. The van der Waals surface area contributed by atoms with E-state index in [2.05, 4.69) is 17.1 Å². The zero-order chi connectivity index (χ0) is 10.4. The van der Waals surface area contributed by atoms with Crippen molar-refractivity contribution in [1.29, 1.82) is 0 Å². The molecule has 84 valence electrons. The maximum Gasteiger partial charge on any atom is 0.0446 e. The molecule has 1 rings (SSSR count). The molecule has 1 aliphatic heterocycles. The summed E-state index contributed by atoms with van der Waals surface area (Å²) in [6, 6.07) is 0.454. The molecule has 2 unspecified atom stereocenters. The van der Waals surface area contributed by atoms with E-state index in [0.29, 0.717) is 6.04 Å². The maximum absolute atomic E-state index is 8.88. The molecule has 0 amide bonds. The predicted molar refractivity (Wildman–Crippen MR) is 59.4 cm³/mol. The van der Waals surface area contributed by atoms with Gasteiger partial charge in [0.2, 0.25) is 0 Å². The zero-order valence-corrected chi connectivity index (χ0v) is 9.50. The molecule has 2 N–H and O–H groups in total. The van der Waals surface area contributed by atoms with Gasteiger partial charge in [-0.15, -0.1) is 0 Å². The van der Waals surface area contributed by atoms with Crippen molar-refractivity contribution in [2.45, 2.75) is 32.2 Å². The van der Waals surface area contributed by atoms with E-state index in [-0.39, 0.29) is 6.61 Å². The minimum atomic E-state index is 0.288. The van der Waals surface area contributed by atoms with Crippen molar-refractivity contribution in [1.82, 2.24) is 10.2 Å². The SMILES string of the molecule is CCC1CCN(CC(CCO)NC)C1. The summed E-state index contributed by atoms with van der Waals surface area (Å²) in [7, 11) is 1.98. The highest BCUT2D eigenvalue weighted by molar-refractivity contribution is 4.78. The largest absolute Gasteiger partial charge is 0.396 e. The first-order valence-electron chi connectivity index (χ1n) is 5.80.